The number of carbonyl (C=O) groups excluding carboxylic acids is 2. The highest BCUT2D eigenvalue weighted by Crippen LogP contribution is 2.60. The molecule has 4 aromatic rings. The number of hydrogen-bond donors (Lipinski definition) is 1. The number of allylic oxidation sites excluding steroid dienone is 1. The first kappa shape index (κ1) is 25.2. The van der Waals surface area contributed by atoms with Crippen LogP contribution in [0, 0.1) is 12.8 Å². The zero-order chi connectivity index (χ0) is 26.7. The second kappa shape index (κ2) is 10.5. The molecule has 0 fully saturated rings. The van der Waals surface area contributed by atoms with Crippen molar-refractivity contribution in [2.24, 2.45) is 11.7 Å². The van der Waals surface area contributed by atoms with Crippen LogP contribution in [0.3, 0.4) is 0 Å². The molecule has 190 valence electrons. The number of benzene rings is 4. The van der Waals surface area contributed by atoms with Gasteiger partial charge in [-0.15, -0.1) is 0 Å². The highest BCUT2D eigenvalue weighted by Gasteiger charge is 2.60. The predicted octanol–water partition coefficient (Wildman–Crippen LogP) is 6.35. The van der Waals surface area contributed by atoms with Gasteiger partial charge < -0.3 is 10.5 Å². The standard InChI is InChI=1S/C34H31NO3/c1-3-38-33(37)30-31(35)28(32(36)25-13-7-4-8-14-25)29(24-21-19-23(2)20-22-24)34(30,26-15-9-5-10-16-26)27-17-11-6-12-18-27/h4-22,28-29H,3,35H2,1-2H3. The first-order chi connectivity index (χ1) is 18.5. The van der Waals surface area contributed by atoms with Crippen LogP contribution in [0.5, 0.6) is 0 Å². The van der Waals surface area contributed by atoms with E-state index in [0.29, 0.717) is 11.1 Å². The van der Waals surface area contributed by atoms with E-state index < -0.39 is 23.2 Å². The van der Waals surface area contributed by atoms with Crippen molar-refractivity contribution >= 4 is 11.8 Å². The Kier molecular flexibility index (Phi) is 6.97. The molecule has 0 heterocycles. The summed E-state index contributed by atoms with van der Waals surface area (Å²) in [5.74, 6) is -1.89. The van der Waals surface area contributed by atoms with E-state index in [1.807, 2.05) is 110 Å². The molecule has 4 nitrogen and oxygen atoms in total. The maximum Gasteiger partial charge on any atom is 0.337 e. The van der Waals surface area contributed by atoms with Crippen LogP contribution in [0.4, 0.5) is 0 Å². The average molecular weight is 502 g/mol. The predicted molar refractivity (Wildman–Crippen MR) is 150 cm³/mol. The van der Waals surface area contributed by atoms with Crippen molar-refractivity contribution in [1.82, 2.24) is 0 Å². The lowest BCUT2D eigenvalue weighted by molar-refractivity contribution is -0.139. The molecule has 5 rings (SSSR count). The van der Waals surface area contributed by atoms with Crippen molar-refractivity contribution in [3.63, 3.8) is 0 Å². The largest absolute Gasteiger partial charge is 0.463 e. The van der Waals surface area contributed by atoms with Gasteiger partial charge in [-0.3, -0.25) is 4.79 Å². The Hall–Kier alpha value is -4.44. The van der Waals surface area contributed by atoms with Crippen LogP contribution in [0.25, 0.3) is 0 Å². The van der Waals surface area contributed by atoms with Crippen LogP contribution >= 0.6 is 0 Å². The minimum Gasteiger partial charge on any atom is -0.463 e. The Morgan fingerprint density at radius 2 is 1.26 bits per heavy atom. The van der Waals surface area contributed by atoms with Crippen molar-refractivity contribution in [2.45, 2.75) is 25.2 Å². The van der Waals surface area contributed by atoms with E-state index in [2.05, 4.69) is 0 Å². The summed E-state index contributed by atoms with van der Waals surface area (Å²) < 4.78 is 5.64. The van der Waals surface area contributed by atoms with E-state index in [1.54, 1.807) is 19.1 Å². The minimum absolute atomic E-state index is 0.121. The van der Waals surface area contributed by atoms with Gasteiger partial charge in [0.1, 0.15) is 0 Å². The van der Waals surface area contributed by atoms with E-state index in [-0.39, 0.29) is 18.1 Å². The molecule has 0 saturated carbocycles. The van der Waals surface area contributed by atoms with Crippen LogP contribution in [0.15, 0.2) is 127 Å². The van der Waals surface area contributed by atoms with Gasteiger partial charge in [0, 0.05) is 17.2 Å². The van der Waals surface area contributed by atoms with E-state index in [4.69, 9.17) is 10.5 Å². The second-order valence-corrected chi connectivity index (χ2v) is 9.69. The molecule has 0 aliphatic heterocycles. The molecular formula is C34H31NO3. The summed E-state index contributed by atoms with van der Waals surface area (Å²) in [4.78, 5) is 28.2. The van der Waals surface area contributed by atoms with Crippen LogP contribution in [0.1, 0.15) is 45.5 Å². The molecule has 2 N–H and O–H groups in total. The van der Waals surface area contributed by atoms with Gasteiger partial charge in [0.25, 0.3) is 0 Å². The summed E-state index contributed by atoms with van der Waals surface area (Å²) in [5, 5.41) is 0. The number of Topliss-reactive ketones (excluding diaryl/α,β-unsaturated/α-hetero) is 1. The molecule has 0 aromatic heterocycles. The van der Waals surface area contributed by atoms with Gasteiger partial charge in [-0.25, -0.2) is 4.79 Å². The molecule has 1 aliphatic rings. The third-order valence-corrected chi connectivity index (χ3v) is 7.53. The quantitative estimate of drug-likeness (QED) is 0.237. The summed E-state index contributed by atoms with van der Waals surface area (Å²) in [6, 6.07) is 37.1. The van der Waals surface area contributed by atoms with Gasteiger partial charge >= 0.3 is 5.97 Å². The number of aryl methyl sites for hydroxylation is 1. The van der Waals surface area contributed by atoms with E-state index in [9.17, 15) is 9.59 Å². The number of hydrogen-bond acceptors (Lipinski definition) is 4. The van der Waals surface area contributed by atoms with Crippen LogP contribution in [-0.2, 0) is 14.9 Å². The van der Waals surface area contributed by atoms with Crippen molar-refractivity contribution in [1.29, 1.82) is 0 Å². The Morgan fingerprint density at radius 1 is 0.763 bits per heavy atom. The Balaban J connectivity index is 1.91. The van der Waals surface area contributed by atoms with E-state index in [0.717, 1.165) is 22.3 Å². The third kappa shape index (κ3) is 4.12. The molecule has 2 atom stereocenters. The molecule has 1 aliphatic carbocycles. The average Bonchev–Trinajstić information content (AvgIpc) is 3.24. The van der Waals surface area contributed by atoms with Gasteiger partial charge in [-0.2, -0.15) is 0 Å². The van der Waals surface area contributed by atoms with Crippen LogP contribution < -0.4 is 5.73 Å². The van der Waals surface area contributed by atoms with Gasteiger partial charge in [-0.1, -0.05) is 121 Å². The molecule has 0 saturated heterocycles. The first-order valence-corrected chi connectivity index (χ1v) is 12.9. The maximum absolute atomic E-state index is 14.3. The lowest BCUT2D eigenvalue weighted by atomic mass is 9.60. The zero-order valence-corrected chi connectivity index (χ0v) is 21.6. The summed E-state index contributed by atoms with van der Waals surface area (Å²) in [5.41, 5.74) is 10.8. The minimum atomic E-state index is -1.05. The number of rotatable bonds is 7. The van der Waals surface area contributed by atoms with Crippen LogP contribution in [-0.4, -0.2) is 18.4 Å². The molecule has 2 unspecified atom stereocenters. The molecule has 38 heavy (non-hydrogen) atoms. The SMILES string of the molecule is CCOC(=O)C1=C(N)C(C(=O)c2ccccc2)C(c2ccc(C)cc2)C1(c1ccccc1)c1ccccc1. The lowest BCUT2D eigenvalue weighted by Gasteiger charge is -2.40. The maximum atomic E-state index is 14.3. The normalized spacial score (nSPS) is 18.3. The molecule has 0 amide bonds. The van der Waals surface area contributed by atoms with Gasteiger partial charge in [0.15, 0.2) is 5.78 Å². The topological polar surface area (TPSA) is 69.4 Å². The third-order valence-electron chi connectivity index (χ3n) is 7.53. The summed E-state index contributed by atoms with van der Waals surface area (Å²) in [7, 11) is 0. The molecular weight excluding hydrogens is 470 g/mol. The summed E-state index contributed by atoms with van der Waals surface area (Å²) >= 11 is 0. The molecule has 4 aromatic carbocycles. The molecule has 0 radical (unpaired) electrons. The second-order valence-electron chi connectivity index (χ2n) is 9.69. The van der Waals surface area contributed by atoms with Gasteiger partial charge in [0.2, 0.25) is 0 Å². The monoisotopic (exact) mass is 501 g/mol. The first-order valence-electron chi connectivity index (χ1n) is 12.9. The molecule has 0 spiro atoms. The van der Waals surface area contributed by atoms with Crippen molar-refractivity contribution in [2.75, 3.05) is 6.61 Å². The fraction of sp³-hybridized carbons (Fsp3) is 0.176. The van der Waals surface area contributed by atoms with Crippen molar-refractivity contribution in [3.05, 3.63) is 154 Å². The lowest BCUT2D eigenvalue weighted by Crippen LogP contribution is -2.40. The van der Waals surface area contributed by atoms with Crippen molar-refractivity contribution < 1.29 is 14.3 Å². The summed E-state index contributed by atoms with van der Waals surface area (Å²) in [6.07, 6.45) is 0. The number of carbonyl (C=O) groups is 2. The van der Waals surface area contributed by atoms with E-state index in [1.165, 1.54) is 0 Å². The van der Waals surface area contributed by atoms with Gasteiger partial charge in [-0.05, 0) is 30.5 Å². The molecule has 0 bridgehead atoms. The van der Waals surface area contributed by atoms with E-state index >= 15 is 0 Å². The number of ketones is 1. The Bertz CT molecular complexity index is 1420. The number of ether oxygens (including phenoxy) is 1. The van der Waals surface area contributed by atoms with Crippen molar-refractivity contribution in [3.8, 4) is 0 Å². The Morgan fingerprint density at radius 3 is 1.76 bits per heavy atom. The fourth-order valence-corrected chi connectivity index (χ4v) is 5.96. The van der Waals surface area contributed by atoms with Crippen LogP contribution in [0.2, 0.25) is 0 Å². The fourth-order valence-electron chi connectivity index (χ4n) is 5.96. The number of esters is 1. The van der Waals surface area contributed by atoms with Gasteiger partial charge in [0.05, 0.1) is 23.5 Å². The summed E-state index contributed by atoms with van der Waals surface area (Å²) in [6.45, 7) is 4.01. The Labute approximate surface area is 223 Å². The smallest absolute Gasteiger partial charge is 0.337 e. The highest BCUT2D eigenvalue weighted by atomic mass is 16.5. The molecule has 4 heteroatoms. The zero-order valence-electron chi connectivity index (χ0n) is 21.6. The highest BCUT2D eigenvalue weighted by molar-refractivity contribution is 6.05. The number of nitrogens with two attached hydrogens (primary N) is 1.